The van der Waals surface area contributed by atoms with Crippen molar-refractivity contribution in [3.05, 3.63) is 17.9 Å². The van der Waals surface area contributed by atoms with Crippen LogP contribution in [0.15, 0.2) is 21.6 Å². The molecular formula is C7H11N3O5S. The molecule has 0 atom stereocenters. The zero-order valence-electron chi connectivity index (χ0n) is 8.17. The van der Waals surface area contributed by atoms with E-state index >= 15 is 0 Å². The van der Waals surface area contributed by atoms with Gasteiger partial charge in [0, 0.05) is 0 Å². The number of rotatable bonds is 6. The predicted octanol–water partition coefficient (Wildman–Crippen LogP) is -1.57. The normalized spacial score (nSPS) is 11.6. The Morgan fingerprint density at radius 1 is 1.50 bits per heavy atom. The molecule has 0 unspecified atom stereocenters. The highest BCUT2D eigenvalue weighted by Gasteiger charge is 2.12. The summed E-state index contributed by atoms with van der Waals surface area (Å²) in [6.45, 7) is -0.203. The van der Waals surface area contributed by atoms with E-state index in [1.165, 1.54) is 12.1 Å². The second-order valence-electron chi connectivity index (χ2n) is 2.84. The maximum atomic E-state index is 10.8. The van der Waals surface area contributed by atoms with Gasteiger partial charge < -0.3 is 10.2 Å². The number of primary sulfonamides is 1. The van der Waals surface area contributed by atoms with Crippen LogP contribution in [-0.4, -0.2) is 20.9 Å². The van der Waals surface area contributed by atoms with Crippen molar-refractivity contribution in [2.24, 2.45) is 10.9 Å². The van der Waals surface area contributed by atoms with Crippen molar-refractivity contribution in [1.82, 2.24) is 5.48 Å². The van der Waals surface area contributed by atoms with Crippen LogP contribution in [0.3, 0.4) is 0 Å². The number of carbonyl (C=O) groups is 1. The van der Waals surface area contributed by atoms with Gasteiger partial charge in [-0.2, -0.15) is 5.48 Å². The molecule has 16 heavy (non-hydrogen) atoms. The first-order chi connectivity index (χ1) is 7.39. The lowest BCUT2D eigenvalue weighted by Gasteiger charge is -2.00. The number of sulfonamides is 1. The van der Waals surface area contributed by atoms with Crippen molar-refractivity contribution in [2.45, 2.75) is 11.6 Å². The summed E-state index contributed by atoms with van der Waals surface area (Å²) in [6.07, 6.45) is 0. The largest absolute Gasteiger partial charge is 0.447 e. The maximum absolute atomic E-state index is 10.8. The first-order valence-electron chi connectivity index (χ1n) is 4.14. The lowest BCUT2D eigenvalue weighted by Crippen LogP contribution is -2.24. The molecule has 8 nitrogen and oxygen atoms in total. The standard InChI is InChI=1S/C7H11N3O5S/c8-6(11)4-14-10-3-5-1-2-7(15-5)16(9,12)13/h1-2,10H,3-4H2,(H2,8,11)(H2,9,12,13). The Kier molecular flexibility index (Phi) is 4.01. The Morgan fingerprint density at radius 3 is 2.69 bits per heavy atom. The molecule has 0 saturated carbocycles. The third-order valence-corrected chi connectivity index (χ3v) is 2.26. The molecule has 90 valence electrons. The molecule has 5 N–H and O–H groups in total. The van der Waals surface area contributed by atoms with Crippen LogP contribution in [0.5, 0.6) is 0 Å². The summed E-state index contributed by atoms with van der Waals surface area (Å²) < 4.78 is 26.6. The average Bonchev–Trinajstić information content (AvgIpc) is 2.59. The topological polar surface area (TPSA) is 138 Å². The van der Waals surface area contributed by atoms with Crippen LogP contribution in [0.4, 0.5) is 0 Å². The third-order valence-electron chi connectivity index (χ3n) is 1.48. The Balaban J connectivity index is 2.44. The first kappa shape index (κ1) is 12.6. The number of primary amides is 1. The van der Waals surface area contributed by atoms with Gasteiger partial charge in [-0.3, -0.25) is 9.63 Å². The summed E-state index contributed by atoms with van der Waals surface area (Å²) in [5.41, 5.74) is 7.18. The molecule has 1 amide bonds. The Bertz CT molecular complexity index is 466. The smallest absolute Gasteiger partial charge is 0.271 e. The van der Waals surface area contributed by atoms with Crippen LogP contribution >= 0.6 is 0 Å². The first-order valence-corrected chi connectivity index (χ1v) is 5.68. The van der Waals surface area contributed by atoms with E-state index in [2.05, 4.69) is 10.3 Å². The molecule has 0 aromatic carbocycles. The van der Waals surface area contributed by atoms with E-state index in [1.54, 1.807) is 0 Å². The van der Waals surface area contributed by atoms with Gasteiger partial charge in [-0.1, -0.05) is 0 Å². The van der Waals surface area contributed by atoms with Crippen molar-refractivity contribution < 1.29 is 22.5 Å². The van der Waals surface area contributed by atoms with E-state index < -0.39 is 15.9 Å². The summed E-state index contributed by atoms with van der Waals surface area (Å²) in [5.74, 6) is -0.328. The fourth-order valence-electron chi connectivity index (χ4n) is 0.850. The van der Waals surface area contributed by atoms with E-state index in [4.69, 9.17) is 15.3 Å². The minimum Gasteiger partial charge on any atom is -0.447 e. The van der Waals surface area contributed by atoms with E-state index in [-0.39, 0.29) is 18.2 Å². The van der Waals surface area contributed by atoms with Gasteiger partial charge >= 0.3 is 0 Å². The summed E-state index contributed by atoms with van der Waals surface area (Å²) in [5, 5.41) is 4.50. The summed E-state index contributed by atoms with van der Waals surface area (Å²) in [6, 6.07) is 2.64. The molecule has 0 aliphatic carbocycles. The summed E-state index contributed by atoms with van der Waals surface area (Å²) in [7, 11) is -3.84. The lowest BCUT2D eigenvalue weighted by atomic mass is 10.5. The van der Waals surface area contributed by atoms with Crippen LogP contribution in [0.2, 0.25) is 0 Å². The zero-order chi connectivity index (χ0) is 12.2. The molecule has 0 bridgehead atoms. The average molecular weight is 249 g/mol. The quantitative estimate of drug-likeness (QED) is 0.411. The Morgan fingerprint density at radius 2 is 2.19 bits per heavy atom. The second-order valence-corrected chi connectivity index (χ2v) is 4.33. The monoisotopic (exact) mass is 249 g/mol. The van der Waals surface area contributed by atoms with Crippen molar-refractivity contribution in [3.63, 3.8) is 0 Å². The Labute approximate surface area is 91.5 Å². The molecule has 0 radical (unpaired) electrons. The number of nitrogens with two attached hydrogens (primary N) is 2. The van der Waals surface area contributed by atoms with Crippen molar-refractivity contribution in [3.8, 4) is 0 Å². The number of hydrogen-bond donors (Lipinski definition) is 3. The summed E-state index contributed by atoms with van der Waals surface area (Å²) >= 11 is 0. The molecule has 0 saturated heterocycles. The molecular weight excluding hydrogens is 238 g/mol. The molecule has 0 spiro atoms. The zero-order valence-corrected chi connectivity index (χ0v) is 8.99. The van der Waals surface area contributed by atoms with Gasteiger partial charge in [0.15, 0.2) is 0 Å². The van der Waals surface area contributed by atoms with E-state index in [9.17, 15) is 13.2 Å². The minimum atomic E-state index is -3.84. The number of hydroxylamine groups is 1. The van der Waals surface area contributed by atoms with E-state index in [0.29, 0.717) is 5.76 Å². The van der Waals surface area contributed by atoms with Gasteiger partial charge in [-0.25, -0.2) is 13.6 Å². The fraction of sp³-hybridized carbons (Fsp3) is 0.286. The fourth-order valence-corrected chi connectivity index (χ4v) is 1.33. The van der Waals surface area contributed by atoms with Crippen molar-refractivity contribution >= 4 is 15.9 Å². The minimum absolute atomic E-state index is 0.0861. The van der Waals surface area contributed by atoms with Gasteiger partial charge in [0.2, 0.25) is 11.0 Å². The number of furan rings is 1. The SMILES string of the molecule is NC(=O)CONCc1ccc(S(N)(=O)=O)o1. The predicted molar refractivity (Wildman–Crippen MR) is 52.1 cm³/mol. The highest BCUT2D eigenvalue weighted by atomic mass is 32.2. The van der Waals surface area contributed by atoms with Gasteiger partial charge in [0.1, 0.15) is 12.4 Å². The Hall–Kier alpha value is -1.42. The van der Waals surface area contributed by atoms with Crippen LogP contribution in [0.25, 0.3) is 0 Å². The second kappa shape index (κ2) is 5.07. The molecule has 1 aromatic rings. The highest BCUT2D eigenvalue weighted by Crippen LogP contribution is 2.11. The number of carbonyl (C=O) groups excluding carboxylic acids is 1. The number of amides is 1. The third kappa shape index (κ3) is 3.98. The highest BCUT2D eigenvalue weighted by molar-refractivity contribution is 7.89. The number of nitrogens with one attached hydrogen (secondary N) is 1. The molecule has 0 aliphatic rings. The molecule has 0 aliphatic heterocycles. The molecule has 1 aromatic heterocycles. The van der Waals surface area contributed by atoms with Crippen molar-refractivity contribution in [1.29, 1.82) is 0 Å². The van der Waals surface area contributed by atoms with Gasteiger partial charge in [0.25, 0.3) is 10.0 Å². The van der Waals surface area contributed by atoms with Crippen LogP contribution in [0.1, 0.15) is 5.76 Å². The van der Waals surface area contributed by atoms with Gasteiger partial charge in [0.05, 0.1) is 6.54 Å². The molecule has 0 fully saturated rings. The van der Waals surface area contributed by atoms with Gasteiger partial charge in [-0.15, -0.1) is 0 Å². The molecule has 1 rings (SSSR count). The van der Waals surface area contributed by atoms with Crippen LogP contribution < -0.4 is 16.4 Å². The van der Waals surface area contributed by atoms with Crippen molar-refractivity contribution in [2.75, 3.05) is 6.61 Å². The molecule has 9 heteroatoms. The van der Waals surface area contributed by atoms with E-state index in [1.807, 2.05) is 0 Å². The van der Waals surface area contributed by atoms with Crippen LogP contribution in [0, 0.1) is 0 Å². The number of hydrogen-bond acceptors (Lipinski definition) is 6. The summed E-state index contributed by atoms with van der Waals surface area (Å²) in [4.78, 5) is 14.9. The van der Waals surface area contributed by atoms with Crippen LogP contribution in [-0.2, 0) is 26.2 Å². The maximum Gasteiger partial charge on any atom is 0.271 e. The lowest BCUT2D eigenvalue weighted by molar-refractivity contribution is -0.125. The van der Waals surface area contributed by atoms with Gasteiger partial charge in [-0.05, 0) is 12.1 Å². The van der Waals surface area contributed by atoms with E-state index in [0.717, 1.165) is 0 Å². The molecule has 1 heterocycles.